The van der Waals surface area contributed by atoms with Gasteiger partial charge >= 0.3 is 0 Å². The van der Waals surface area contributed by atoms with E-state index >= 15 is 0 Å². The Morgan fingerprint density at radius 3 is 2.83 bits per heavy atom. The Hall–Kier alpha value is -0.340. The molecule has 4 saturated carbocycles. The van der Waals surface area contributed by atoms with E-state index in [2.05, 4.69) is 19.9 Å². The lowest BCUT2D eigenvalue weighted by molar-refractivity contribution is -0.131. The van der Waals surface area contributed by atoms with Gasteiger partial charge in [0.2, 0.25) is 0 Å². The summed E-state index contributed by atoms with van der Waals surface area (Å²) in [6.07, 6.45) is 11.0. The number of alkyl halides is 1. The van der Waals surface area contributed by atoms with Crippen LogP contribution in [0.3, 0.4) is 0 Å². The van der Waals surface area contributed by atoms with Gasteiger partial charge in [-0.25, -0.2) is 0 Å². The summed E-state index contributed by atoms with van der Waals surface area (Å²) in [6, 6.07) is 0. The maximum atomic E-state index is 12.2. The largest absolute Gasteiger partial charge is 0.376 e. The Labute approximate surface area is 150 Å². The number of ketones is 1. The first-order valence-corrected chi connectivity index (χ1v) is 10.3. The number of Topliss-reactive ketones (excluding diaryl/α,β-unsaturated/α-hetero) is 1. The predicted octanol–water partition coefficient (Wildman–Crippen LogP) is 4.89. The maximum Gasteiger partial charge on any atom is 0.134 e. The highest BCUT2D eigenvalue weighted by atomic mass is 35.5. The van der Waals surface area contributed by atoms with Crippen LogP contribution in [0.15, 0.2) is 11.6 Å². The molecule has 1 saturated heterocycles. The van der Waals surface area contributed by atoms with Crippen molar-refractivity contribution in [3.63, 3.8) is 0 Å². The van der Waals surface area contributed by atoms with Crippen LogP contribution in [0.4, 0.5) is 0 Å². The summed E-state index contributed by atoms with van der Waals surface area (Å²) in [5, 5.41) is 0. The molecule has 0 radical (unpaired) electrons. The number of fused-ring (bicyclic) bond motifs is 3. The van der Waals surface area contributed by atoms with Gasteiger partial charge in [-0.1, -0.05) is 18.6 Å². The monoisotopic (exact) mass is 348 g/mol. The van der Waals surface area contributed by atoms with Crippen LogP contribution >= 0.6 is 11.6 Å². The number of ether oxygens (including phenoxy) is 1. The van der Waals surface area contributed by atoms with Crippen LogP contribution in [0.5, 0.6) is 0 Å². The Morgan fingerprint density at radius 1 is 1.21 bits per heavy atom. The molecule has 2 bridgehead atoms. The van der Waals surface area contributed by atoms with Gasteiger partial charge in [-0.3, -0.25) is 4.79 Å². The molecule has 0 N–H and O–H groups in total. The molecule has 0 amide bonds. The molecular formula is C21H29ClO2. The molecule has 0 aromatic rings. The van der Waals surface area contributed by atoms with Crippen LogP contribution in [0.25, 0.3) is 0 Å². The minimum Gasteiger partial charge on any atom is -0.376 e. The molecule has 5 fully saturated rings. The van der Waals surface area contributed by atoms with Gasteiger partial charge in [0.1, 0.15) is 5.78 Å². The number of carbonyl (C=O) groups is 1. The molecule has 0 aromatic heterocycles. The molecule has 24 heavy (non-hydrogen) atoms. The number of rotatable bonds is 0. The third-order valence-electron chi connectivity index (χ3n) is 9.01. The highest BCUT2D eigenvalue weighted by molar-refractivity contribution is 6.27. The van der Waals surface area contributed by atoms with E-state index in [0.717, 1.165) is 37.7 Å². The molecule has 7 atom stereocenters. The topological polar surface area (TPSA) is 26.3 Å². The molecule has 0 aromatic carbocycles. The van der Waals surface area contributed by atoms with Crippen LogP contribution in [0.2, 0.25) is 0 Å². The molecule has 4 aliphatic carbocycles. The third kappa shape index (κ3) is 1.66. The van der Waals surface area contributed by atoms with Crippen molar-refractivity contribution in [2.75, 3.05) is 6.61 Å². The Kier molecular flexibility index (Phi) is 3.23. The molecule has 1 heterocycles. The second-order valence-electron chi connectivity index (χ2n) is 9.45. The van der Waals surface area contributed by atoms with Crippen LogP contribution in [-0.4, -0.2) is 23.4 Å². The summed E-state index contributed by atoms with van der Waals surface area (Å²) in [5.41, 5.74) is 2.16. The fourth-order valence-corrected chi connectivity index (χ4v) is 8.45. The van der Waals surface area contributed by atoms with E-state index < -0.39 is 4.87 Å². The molecule has 5 unspecified atom stereocenters. The summed E-state index contributed by atoms with van der Waals surface area (Å²) in [5.74, 6) is 2.56. The molecule has 1 aliphatic heterocycles. The molecule has 0 spiro atoms. The van der Waals surface area contributed by atoms with E-state index in [1.165, 1.54) is 25.7 Å². The van der Waals surface area contributed by atoms with Gasteiger partial charge in [-0.05, 0) is 68.6 Å². The zero-order chi connectivity index (χ0) is 16.7. The summed E-state index contributed by atoms with van der Waals surface area (Å²) in [4.78, 5) is 11.8. The van der Waals surface area contributed by atoms with Crippen molar-refractivity contribution >= 4 is 17.4 Å². The maximum absolute atomic E-state index is 12.2. The summed E-state index contributed by atoms with van der Waals surface area (Å²) in [6.45, 7) is 5.54. The summed E-state index contributed by atoms with van der Waals surface area (Å²) >= 11 is 7.22. The first-order valence-electron chi connectivity index (χ1n) is 9.92. The Morgan fingerprint density at radius 2 is 2.04 bits per heavy atom. The van der Waals surface area contributed by atoms with E-state index in [4.69, 9.17) is 16.3 Å². The number of hydrogen-bond donors (Lipinski definition) is 0. The van der Waals surface area contributed by atoms with Crippen LogP contribution in [0, 0.1) is 28.6 Å². The highest BCUT2D eigenvalue weighted by Gasteiger charge is 2.72. The van der Waals surface area contributed by atoms with Gasteiger partial charge in [0.25, 0.3) is 0 Å². The second-order valence-corrected chi connectivity index (χ2v) is 10.1. The third-order valence-corrected chi connectivity index (χ3v) is 9.77. The quantitative estimate of drug-likeness (QED) is 0.460. The van der Waals surface area contributed by atoms with E-state index in [1.54, 1.807) is 5.57 Å². The van der Waals surface area contributed by atoms with Crippen LogP contribution in [-0.2, 0) is 9.53 Å². The van der Waals surface area contributed by atoms with E-state index in [9.17, 15) is 4.79 Å². The van der Waals surface area contributed by atoms with Crippen molar-refractivity contribution in [3.8, 4) is 0 Å². The molecule has 2 nitrogen and oxygen atoms in total. The standard InChI is InChI=1S/C21H29ClO2/c1-3-13-4-5-16-15-10-18-21(22)11-14(23)6-9-20(21,12-24-18)17(15)7-8-19(13,16)2/h3,15-18H,4-12H2,1-2H3/b13-3-/t15?,16?,17?,18-,19?,20?,21-/m0/s1. The van der Waals surface area contributed by atoms with Crippen molar-refractivity contribution in [1.82, 2.24) is 0 Å². The number of hydrogen-bond acceptors (Lipinski definition) is 2. The summed E-state index contributed by atoms with van der Waals surface area (Å²) in [7, 11) is 0. The van der Waals surface area contributed by atoms with Crippen molar-refractivity contribution in [1.29, 1.82) is 0 Å². The summed E-state index contributed by atoms with van der Waals surface area (Å²) < 4.78 is 6.29. The molecule has 5 aliphatic rings. The van der Waals surface area contributed by atoms with Gasteiger partial charge in [0, 0.05) is 18.3 Å². The zero-order valence-corrected chi connectivity index (χ0v) is 15.7. The fourth-order valence-electron chi connectivity index (χ4n) is 7.86. The highest BCUT2D eigenvalue weighted by Crippen LogP contribution is 2.71. The lowest BCUT2D eigenvalue weighted by Crippen LogP contribution is -2.63. The van der Waals surface area contributed by atoms with Crippen molar-refractivity contribution in [2.24, 2.45) is 28.6 Å². The fraction of sp³-hybridized carbons (Fsp3) is 0.857. The SMILES string of the molecule is C/C=C1/CCC2C3C[C@@H]4OCC5(CCC(=O)C[C@]45Cl)C3CCC12C. The Bertz CT molecular complexity index is 627. The van der Waals surface area contributed by atoms with Gasteiger partial charge in [-0.15, -0.1) is 11.6 Å². The predicted molar refractivity (Wildman–Crippen MR) is 95.0 cm³/mol. The number of allylic oxidation sites excluding steroid dienone is 2. The molecule has 3 heteroatoms. The Balaban J connectivity index is 1.56. The minimum atomic E-state index is -0.404. The van der Waals surface area contributed by atoms with Gasteiger partial charge in [0.15, 0.2) is 0 Å². The number of carbonyl (C=O) groups excluding carboxylic acids is 1. The normalized spacial score (nSPS) is 57.6. The van der Waals surface area contributed by atoms with Crippen LogP contribution in [0.1, 0.15) is 65.2 Å². The first-order chi connectivity index (χ1) is 11.4. The van der Waals surface area contributed by atoms with E-state index in [0.29, 0.717) is 23.5 Å². The van der Waals surface area contributed by atoms with Gasteiger partial charge < -0.3 is 4.74 Å². The minimum absolute atomic E-state index is 0.0655. The lowest BCUT2D eigenvalue weighted by atomic mass is 9.45. The molecule has 5 rings (SSSR count). The zero-order valence-electron chi connectivity index (χ0n) is 14.9. The smallest absolute Gasteiger partial charge is 0.134 e. The molecule has 132 valence electrons. The lowest BCUT2D eigenvalue weighted by Gasteiger charge is -2.61. The van der Waals surface area contributed by atoms with Crippen molar-refractivity contribution in [3.05, 3.63) is 11.6 Å². The van der Waals surface area contributed by atoms with E-state index in [-0.39, 0.29) is 11.5 Å². The second kappa shape index (κ2) is 4.88. The van der Waals surface area contributed by atoms with Gasteiger partial charge in [0.05, 0.1) is 17.6 Å². The van der Waals surface area contributed by atoms with Gasteiger partial charge in [-0.2, -0.15) is 0 Å². The molecular weight excluding hydrogens is 320 g/mol. The van der Waals surface area contributed by atoms with Crippen LogP contribution < -0.4 is 0 Å². The van der Waals surface area contributed by atoms with Crippen molar-refractivity contribution in [2.45, 2.75) is 76.2 Å². The average molecular weight is 349 g/mol. The van der Waals surface area contributed by atoms with E-state index in [1.807, 2.05) is 0 Å². The first kappa shape index (κ1) is 15.9. The van der Waals surface area contributed by atoms with Crippen molar-refractivity contribution < 1.29 is 9.53 Å². The average Bonchev–Trinajstić information content (AvgIpc) is 2.96. The number of halogens is 1.